The summed E-state index contributed by atoms with van der Waals surface area (Å²) >= 11 is 0. The Morgan fingerprint density at radius 1 is 1.20 bits per heavy atom. The largest absolute Gasteiger partial charge is 0.484 e. The van der Waals surface area contributed by atoms with E-state index in [0.29, 0.717) is 11.3 Å². The Morgan fingerprint density at radius 2 is 1.97 bits per heavy atom. The number of nitrogens with one attached hydrogen (secondary N) is 1. The van der Waals surface area contributed by atoms with Gasteiger partial charge in [0, 0.05) is 51.0 Å². The van der Waals surface area contributed by atoms with Gasteiger partial charge in [-0.25, -0.2) is 14.4 Å². The Morgan fingerprint density at radius 3 is 2.67 bits per heavy atom. The summed E-state index contributed by atoms with van der Waals surface area (Å²) < 4.78 is 20.0. The Hall–Kier alpha value is -2.58. The molecule has 1 aromatic heterocycles. The number of hydrogen-bond acceptors (Lipinski definition) is 7. The molecule has 30 heavy (non-hydrogen) atoms. The number of nitrogens with zero attached hydrogens (tertiary/aromatic N) is 4. The predicted octanol–water partition coefficient (Wildman–Crippen LogP) is 2.47. The van der Waals surface area contributed by atoms with Crippen LogP contribution in [0.15, 0.2) is 30.6 Å². The van der Waals surface area contributed by atoms with E-state index in [9.17, 15) is 4.39 Å². The van der Waals surface area contributed by atoms with Crippen LogP contribution < -0.4 is 9.64 Å². The Kier molecular flexibility index (Phi) is 5.97. The summed E-state index contributed by atoms with van der Waals surface area (Å²) in [5, 5.41) is 17.6. The predicted molar refractivity (Wildman–Crippen MR) is 113 cm³/mol. The van der Waals surface area contributed by atoms with Crippen LogP contribution in [0.4, 0.5) is 10.2 Å². The minimum Gasteiger partial charge on any atom is -0.484 e. The molecule has 0 radical (unpaired) electrons. The standard InChI is InChI=1S/C22H28FN5O2/c1-22(5-6-22)30-19-13-16(3-4-17(19)23)21(24)18-14-20(26-15-25-18)28-10-8-27(9-11-28)7-2-12-29/h3-4,13-15,24,29H,2,5-12H2,1H3. The number of halogens is 1. The van der Waals surface area contributed by atoms with Gasteiger partial charge in [-0.1, -0.05) is 0 Å². The molecule has 4 rings (SSSR count). The Balaban J connectivity index is 1.46. The Bertz CT molecular complexity index is 910. The van der Waals surface area contributed by atoms with Gasteiger partial charge in [-0.2, -0.15) is 0 Å². The van der Waals surface area contributed by atoms with Crippen molar-refractivity contribution in [1.82, 2.24) is 14.9 Å². The minimum atomic E-state index is -0.415. The summed E-state index contributed by atoms with van der Waals surface area (Å²) in [5.41, 5.74) is 0.987. The third kappa shape index (κ3) is 4.76. The van der Waals surface area contributed by atoms with Gasteiger partial charge in [-0.05, 0) is 44.4 Å². The average Bonchev–Trinajstić information content (AvgIpc) is 3.50. The molecule has 2 aliphatic rings. The quantitative estimate of drug-likeness (QED) is 0.647. The molecule has 8 heteroatoms. The normalized spacial score (nSPS) is 18.3. The van der Waals surface area contributed by atoms with Crippen LogP contribution in [0, 0.1) is 11.2 Å². The van der Waals surface area contributed by atoms with E-state index < -0.39 is 5.82 Å². The molecule has 2 N–H and O–H groups in total. The van der Waals surface area contributed by atoms with Crippen LogP contribution in [-0.2, 0) is 0 Å². The van der Waals surface area contributed by atoms with Gasteiger partial charge < -0.3 is 14.7 Å². The fourth-order valence-electron chi connectivity index (χ4n) is 3.58. The topological polar surface area (TPSA) is 85.6 Å². The summed E-state index contributed by atoms with van der Waals surface area (Å²) in [6.45, 7) is 6.57. The first kappa shape index (κ1) is 20.7. The van der Waals surface area contributed by atoms with Crippen LogP contribution in [-0.4, -0.2) is 70.6 Å². The number of hydrogen-bond donors (Lipinski definition) is 2. The van der Waals surface area contributed by atoms with Crippen molar-refractivity contribution in [3.8, 4) is 5.75 Å². The van der Waals surface area contributed by atoms with E-state index in [0.717, 1.165) is 57.8 Å². The molecule has 0 amide bonds. The van der Waals surface area contributed by atoms with Gasteiger partial charge in [-0.15, -0.1) is 0 Å². The number of piperazine rings is 1. The maximum atomic E-state index is 14.2. The molecule has 1 aliphatic carbocycles. The highest BCUT2D eigenvalue weighted by atomic mass is 19.1. The van der Waals surface area contributed by atoms with Crippen LogP contribution in [0.1, 0.15) is 37.4 Å². The van der Waals surface area contributed by atoms with Crippen molar-refractivity contribution in [2.24, 2.45) is 0 Å². The van der Waals surface area contributed by atoms with Gasteiger partial charge in [0.05, 0.1) is 11.4 Å². The lowest BCUT2D eigenvalue weighted by atomic mass is 10.1. The summed E-state index contributed by atoms with van der Waals surface area (Å²) in [7, 11) is 0. The average molecular weight is 413 g/mol. The number of aliphatic hydroxyl groups excluding tert-OH is 1. The Labute approximate surface area is 176 Å². The first-order chi connectivity index (χ1) is 14.5. The van der Waals surface area contributed by atoms with E-state index in [1.54, 1.807) is 12.1 Å². The molecule has 0 atom stereocenters. The van der Waals surface area contributed by atoms with Crippen LogP contribution in [0.25, 0.3) is 0 Å². The molecule has 7 nitrogen and oxygen atoms in total. The fraction of sp³-hybridized carbons (Fsp3) is 0.500. The van der Waals surface area contributed by atoms with Crippen molar-refractivity contribution in [3.05, 3.63) is 47.7 Å². The molecule has 2 aromatic rings. The van der Waals surface area contributed by atoms with E-state index in [1.807, 2.05) is 13.0 Å². The molecule has 160 valence electrons. The molecule has 0 spiro atoms. The second-order valence-electron chi connectivity index (χ2n) is 8.24. The van der Waals surface area contributed by atoms with Gasteiger partial charge in [0.2, 0.25) is 0 Å². The second kappa shape index (κ2) is 8.65. The zero-order valence-electron chi connectivity index (χ0n) is 17.3. The van der Waals surface area contributed by atoms with E-state index >= 15 is 0 Å². The number of anilines is 1. The molecule has 1 saturated carbocycles. The van der Waals surface area contributed by atoms with E-state index in [2.05, 4.69) is 19.8 Å². The highest BCUT2D eigenvalue weighted by Gasteiger charge is 2.40. The number of aliphatic hydroxyl groups is 1. The lowest BCUT2D eigenvalue weighted by Gasteiger charge is -2.35. The fourth-order valence-corrected chi connectivity index (χ4v) is 3.58. The first-order valence-electron chi connectivity index (χ1n) is 10.5. The molecule has 1 aliphatic heterocycles. The molecule has 0 unspecified atom stereocenters. The van der Waals surface area contributed by atoms with E-state index in [1.165, 1.54) is 12.4 Å². The molecular formula is C22H28FN5O2. The number of aromatic nitrogens is 2. The molecule has 2 heterocycles. The van der Waals surface area contributed by atoms with Gasteiger partial charge in [0.25, 0.3) is 0 Å². The van der Waals surface area contributed by atoms with Gasteiger partial charge in [-0.3, -0.25) is 10.3 Å². The van der Waals surface area contributed by atoms with Gasteiger partial charge >= 0.3 is 0 Å². The van der Waals surface area contributed by atoms with Gasteiger partial charge in [0.1, 0.15) is 17.7 Å². The molecule has 1 aromatic carbocycles. The summed E-state index contributed by atoms with van der Waals surface area (Å²) in [6.07, 6.45) is 4.09. The van der Waals surface area contributed by atoms with Crippen LogP contribution in [0.3, 0.4) is 0 Å². The molecular weight excluding hydrogens is 385 g/mol. The zero-order valence-corrected chi connectivity index (χ0v) is 17.3. The van der Waals surface area contributed by atoms with Crippen molar-refractivity contribution in [3.63, 3.8) is 0 Å². The number of rotatable bonds is 8. The summed E-state index contributed by atoms with van der Waals surface area (Å²) in [5.74, 6) is 0.559. The molecule has 1 saturated heterocycles. The van der Waals surface area contributed by atoms with E-state index in [-0.39, 0.29) is 23.7 Å². The monoisotopic (exact) mass is 413 g/mol. The lowest BCUT2D eigenvalue weighted by molar-refractivity contribution is 0.191. The van der Waals surface area contributed by atoms with Crippen molar-refractivity contribution in [2.75, 3.05) is 44.2 Å². The highest BCUT2D eigenvalue weighted by Crippen LogP contribution is 2.40. The van der Waals surface area contributed by atoms with Crippen molar-refractivity contribution in [1.29, 1.82) is 5.41 Å². The maximum absolute atomic E-state index is 14.2. The maximum Gasteiger partial charge on any atom is 0.165 e. The van der Waals surface area contributed by atoms with Gasteiger partial charge in [0.15, 0.2) is 11.6 Å². The van der Waals surface area contributed by atoms with Crippen molar-refractivity contribution in [2.45, 2.75) is 31.8 Å². The summed E-state index contributed by atoms with van der Waals surface area (Å²) in [4.78, 5) is 13.2. The third-order valence-corrected chi connectivity index (χ3v) is 5.77. The number of benzene rings is 1. The smallest absolute Gasteiger partial charge is 0.165 e. The number of ether oxygens (including phenoxy) is 1. The minimum absolute atomic E-state index is 0.186. The second-order valence-corrected chi connectivity index (χ2v) is 8.24. The summed E-state index contributed by atoms with van der Waals surface area (Å²) in [6, 6.07) is 6.33. The lowest BCUT2D eigenvalue weighted by Crippen LogP contribution is -2.47. The van der Waals surface area contributed by atoms with E-state index in [4.69, 9.17) is 15.3 Å². The molecule has 2 fully saturated rings. The van der Waals surface area contributed by atoms with Crippen molar-refractivity contribution >= 4 is 11.5 Å². The van der Waals surface area contributed by atoms with Crippen molar-refractivity contribution < 1.29 is 14.2 Å². The zero-order chi connectivity index (χ0) is 21.1. The van der Waals surface area contributed by atoms with Crippen LogP contribution in [0.5, 0.6) is 5.75 Å². The third-order valence-electron chi connectivity index (χ3n) is 5.77. The highest BCUT2D eigenvalue weighted by molar-refractivity contribution is 6.10. The van der Waals surface area contributed by atoms with Crippen LogP contribution >= 0.6 is 0 Å². The van der Waals surface area contributed by atoms with Crippen LogP contribution in [0.2, 0.25) is 0 Å². The molecule has 0 bridgehead atoms. The first-order valence-corrected chi connectivity index (χ1v) is 10.5. The SMILES string of the molecule is CC1(Oc2cc(C(=N)c3cc(N4CCN(CCCO)CC4)ncn3)ccc2F)CC1.